The van der Waals surface area contributed by atoms with E-state index in [1.54, 1.807) is 0 Å². The highest BCUT2D eigenvalue weighted by molar-refractivity contribution is 5.32. The van der Waals surface area contributed by atoms with Gasteiger partial charge in [0.15, 0.2) is 0 Å². The third kappa shape index (κ3) is 2.76. The van der Waals surface area contributed by atoms with Crippen molar-refractivity contribution in [1.29, 1.82) is 0 Å². The predicted molar refractivity (Wildman–Crippen MR) is 56.2 cm³/mol. The zero-order chi connectivity index (χ0) is 9.90. The van der Waals surface area contributed by atoms with E-state index in [0.29, 0.717) is 0 Å². The molecule has 0 bridgehead atoms. The minimum atomic E-state index is -0.0634. The highest BCUT2D eigenvalue weighted by atomic mass is 16.5. The fourth-order valence-electron chi connectivity index (χ4n) is 1.04. The zero-order valence-corrected chi connectivity index (χ0v) is 8.92. The number of hydrogen-bond donors (Lipinski definition) is 0. The van der Waals surface area contributed by atoms with E-state index in [0.717, 1.165) is 12.2 Å². The van der Waals surface area contributed by atoms with Crippen LogP contribution in [-0.2, 0) is 0 Å². The van der Waals surface area contributed by atoms with Gasteiger partial charge in [0.2, 0.25) is 0 Å². The maximum atomic E-state index is 5.88. The standard InChI is InChI=1S/C12H18O/c1-5-12(3,4)13-11-9-7-6-8-10(11)2/h6-9H,5H2,1-4H3. The zero-order valence-electron chi connectivity index (χ0n) is 8.92. The Kier molecular flexibility index (Phi) is 2.97. The van der Waals surface area contributed by atoms with Crippen LogP contribution in [0.25, 0.3) is 0 Å². The molecule has 1 aromatic carbocycles. The van der Waals surface area contributed by atoms with Gasteiger partial charge in [-0.2, -0.15) is 0 Å². The van der Waals surface area contributed by atoms with Crippen molar-refractivity contribution in [3.05, 3.63) is 29.8 Å². The van der Waals surface area contributed by atoms with E-state index < -0.39 is 0 Å². The molecule has 1 rings (SSSR count). The molecule has 0 saturated heterocycles. The Bertz CT molecular complexity index is 276. The summed E-state index contributed by atoms with van der Waals surface area (Å²) < 4.78 is 5.88. The van der Waals surface area contributed by atoms with Crippen LogP contribution in [0.1, 0.15) is 32.8 Å². The van der Waals surface area contributed by atoms with Crippen LogP contribution < -0.4 is 4.74 Å². The molecule has 0 atom stereocenters. The van der Waals surface area contributed by atoms with E-state index in [1.165, 1.54) is 5.56 Å². The second kappa shape index (κ2) is 3.82. The molecule has 0 saturated carbocycles. The van der Waals surface area contributed by atoms with E-state index in [9.17, 15) is 0 Å². The molecule has 0 aliphatic rings. The molecule has 0 spiro atoms. The fraction of sp³-hybridized carbons (Fsp3) is 0.500. The van der Waals surface area contributed by atoms with E-state index in [2.05, 4.69) is 33.8 Å². The van der Waals surface area contributed by atoms with Crippen LogP contribution in [0.15, 0.2) is 24.3 Å². The SMILES string of the molecule is CCC(C)(C)Oc1ccccc1C. The Hall–Kier alpha value is -0.980. The van der Waals surface area contributed by atoms with E-state index >= 15 is 0 Å². The maximum absolute atomic E-state index is 5.88. The Morgan fingerprint density at radius 1 is 1.23 bits per heavy atom. The lowest BCUT2D eigenvalue weighted by Crippen LogP contribution is -2.27. The highest BCUT2D eigenvalue weighted by Crippen LogP contribution is 2.23. The molecule has 0 aromatic heterocycles. The minimum Gasteiger partial charge on any atom is -0.488 e. The van der Waals surface area contributed by atoms with Crippen molar-refractivity contribution in [2.24, 2.45) is 0 Å². The van der Waals surface area contributed by atoms with Gasteiger partial charge in [0.05, 0.1) is 0 Å². The average Bonchev–Trinajstić information content (AvgIpc) is 2.09. The maximum Gasteiger partial charge on any atom is 0.123 e. The van der Waals surface area contributed by atoms with Gasteiger partial charge < -0.3 is 4.74 Å². The Labute approximate surface area is 80.7 Å². The van der Waals surface area contributed by atoms with Crippen molar-refractivity contribution in [3.8, 4) is 5.75 Å². The second-order valence-electron chi connectivity index (χ2n) is 3.98. The molecular formula is C12H18O. The summed E-state index contributed by atoms with van der Waals surface area (Å²) in [6, 6.07) is 8.13. The molecule has 0 heterocycles. The van der Waals surface area contributed by atoms with E-state index in [-0.39, 0.29) is 5.60 Å². The molecule has 0 aliphatic carbocycles. The summed E-state index contributed by atoms with van der Waals surface area (Å²) >= 11 is 0. The molecule has 0 amide bonds. The summed E-state index contributed by atoms with van der Waals surface area (Å²) in [5.74, 6) is 0.995. The largest absolute Gasteiger partial charge is 0.488 e. The van der Waals surface area contributed by atoms with Gasteiger partial charge in [-0.1, -0.05) is 25.1 Å². The molecule has 1 heteroatoms. The number of hydrogen-bond acceptors (Lipinski definition) is 1. The molecule has 0 N–H and O–H groups in total. The van der Waals surface area contributed by atoms with Crippen LogP contribution in [0, 0.1) is 6.92 Å². The van der Waals surface area contributed by atoms with Crippen LogP contribution >= 0.6 is 0 Å². The number of rotatable bonds is 3. The van der Waals surface area contributed by atoms with Gasteiger partial charge in [-0.05, 0) is 38.8 Å². The Morgan fingerprint density at radius 2 is 1.85 bits per heavy atom. The number of ether oxygens (including phenoxy) is 1. The molecule has 72 valence electrons. The fourth-order valence-corrected chi connectivity index (χ4v) is 1.04. The van der Waals surface area contributed by atoms with Crippen LogP contribution in [0.4, 0.5) is 0 Å². The van der Waals surface area contributed by atoms with Gasteiger partial charge in [0.1, 0.15) is 11.4 Å². The predicted octanol–water partition coefficient (Wildman–Crippen LogP) is 3.56. The molecule has 0 radical (unpaired) electrons. The topological polar surface area (TPSA) is 9.23 Å². The molecule has 1 nitrogen and oxygen atoms in total. The van der Waals surface area contributed by atoms with Crippen molar-refractivity contribution < 1.29 is 4.74 Å². The van der Waals surface area contributed by atoms with E-state index in [1.807, 2.05) is 18.2 Å². The second-order valence-corrected chi connectivity index (χ2v) is 3.98. The van der Waals surface area contributed by atoms with Gasteiger partial charge in [-0.25, -0.2) is 0 Å². The third-order valence-corrected chi connectivity index (χ3v) is 2.33. The van der Waals surface area contributed by atoms with Gasteiger partial charge in [-0.3, -0.25) is 0 Å². The first-order chi connectivity index (χ1) is 6.05. The Balaban J connectivity index is 2.80. The van der Waals surface area contributed by atoms with Crippen LogP contribution in [0.2, 0.25) is 0 Å². The van der Waals surface area contributed by atoms with Crippen LogP contribution in [-0.4, -0.2) is 5.60 Å². The summed E-state index contributed by atoms with van der Waals surface area (Å²) in [5.41, 5.74) is 1.13. The van der Waals surface area contributed by atoms with Crippen molar-refractivity contribution in [2.75, 3.05) is 0 Å². The lowest BCUT2D eigenvalue weighted by atomic mass is 10.1. The first kappa shape index (κ1) is 10.1. The molecule has 0 unspecified atom stereocenters. The molecular weight excluding hydrogens is 160 g/mol. The van der Waals surface area contributed by atoms with Crippen molar-refractivity contribution >= 4 is 0 Å². The number of benzene rings is 1. The summed E-state index contributed by atoms with van der Waals surface area (Å²) in [6.45, 7) is 8.43. The summed E-state index contributed by atoms with van der Waals surface area (Å²) in [6.07, 6.45) is 1.02. The summed E-state index contributed by atoms with van der Waals surface area (Å²) in [5, 5.41) is 0. The van der Waals surface area contributed by atoms with Crippen molar-refractivity contribution in [3.63, 3.8) is 0 Å². The smallest absolute Gasteiger partial charge is 0.123 e. The third-order valence-electron chi connectivity index (χ3n) is 2.33. The highest BCUT2D eigenvalue weighted by Gasteiger charge is 2.17. The van der Waals surface area contributed by atoms with Gasteiger partial charge >= 0.3 is 0 Å². The van der Waals surface area contributed by atoms with Gasteiger partial charge in [0.25, 0.3) is 0 Å². The lowest BCUT2D eigenvalue weighted by Gasteiger charge is -2.25. The first-order valence-electron chi connectivity index (χ1n) is 4.80. The normalized spacial score (nSPS) is 11.4. The van der Waals surface area contributed by atoms with Crippen molar-refractivity contribution in [2.45, 2.75) is 39.7 Å². The average molecular weight is 178 g/mol. The monoisotopic (exact) mass is 178 g/mol. The van der Waals surface area contributed by atoms with Gasteiger partial charge in [0, 0.05) is 0 Å². The minimum absolute atomic E-state index is 0.0634. The van der Waals surface area contributed by atoms with Gasteiger partial charge in [-0.15, -0.1) is 0 Å². The molecule has 0 aliphatic heterocycles. The number of para-hydroxylation sites is 1. The summed E-state index contributed by atoms with van der Waals surface area (Å²) in [4.78, 5) is 0. The first-order valence-corrected chi connectivity index (χ1v) is 4.80. The molecule has 1 aromatic rings. The quantitative estimate of drug-likeness (QED) is 0.687. The lowest BCUT2D eigenvalue weighted by molar-refractivity contribution is 0.104. The van der Waals surface area contributed by atoms with Crippen molar-refractivity contribution in [1.82, 2.24) is 0 Å². The molecule has 0 fully saturated rings. The number of aryl methyl sites for hydroxylation is 1. The molecule has 13 heavy (non-hydrogen) atoms. The summed E-state index contributed by atoms with van der Waals surface area (Å²) in [7, 11) is 0. The Morgan fingerprint density at radius 3 is 2.38 bits per heavy atom. The van der Waals surface area contributed by atoms with Crippen LogP contribution in [0.5, 0.6) is 5.75 Å². The van der Waals surface area contributed by atoms with Crippen LogP contribution in [0.3, 0.4) is 0 Å². The van der Waals surface area contributed by atoms with E-state index in [4.69, 9.17) is 4.74 Å².